The maximum Gasteiger partial charge on any atom is 0.190 e. The Kier molecular flexibility index (Phi) is 3.96. The summed E-state index contributed by atoms with van der Waals surface area (Å²) in [6.45, 7) is 0. The van der Waals surface area contributed by atoms with Gasteiger partial charge in [-0.15, -0.1) is 5.10 Å². The predicted octanol–water partition coefficient (Wildman–Crippen LogP) is 2.47. The highest BCUT2D eigenvalue weighted by molar-refractivity contribution is 5.77. The number of tetrazole rings is 1. The monoisotopic (exact) mass is 353 g/mol. The van der Waals surface area contributed by atoms with Gasteiger partial charge in [-0.2, -0.15) is 4.68 Å². The van der Waals surface area contributed by atoms with Gasteiger partial charge in [0.2, 0.25) is 0 Å². The Labute approximate surface area is 146 Å². The molecule has 1 unspecified atom stereocenters. The molecule has 0 saturated carbocycles. The average Bonchev–Trinajstić information content (AvgIpc) is 3.14. The summed E-state index contributed by atoms with van der Waals surface area (Å²) in [5.74, 6) is 0.361. The molecule has 1 aliphatic rings. The molecule has 26 heavy (non-hydrogen) atoms. The van der Waals surface area contributed by atoms with E-state index >= 15 is 0 Å². The number of halogens is 2. The van der Waals surface area contributed by atoms with Crippen LogP contribution in [0.3, 0.4) is 0 Å². The maximum absolute atomic E-state index is 14.3. The number of nitrogen functional groups attached to an aromatic ring is 1. The fourth-order valence-electron chi connectivity index (χ4n) is 2.69. The molecule has 0 fully saturated rings. The van der Waals surface area contributed by atoms with E-state index in [0.29, 0.717) is 5.56 Å². The summed E-state index contributed by atoms with van der Waals surface area (Å²) >= 11 is 0. The predicted molar refractivity (Wildman–Crippen MR) is 91.9 cm³/mol. The quantitative estimate of drug-likeness (QED) is 0.777. The third-order valence-electron chi connectivity index (χ3n) is 4.01. The summed E-state index contributed by atoms with van der Waals surface area (Å²) in [5, 5.41) is 11.3. The summed E-state index contributed by atoms with van der Waals surface area (Å²) < 4.78 is 29.1. The summed E-state index contributed by atoms with van der Waals surface area (Å²) in [5.41, 5.74) is 8.04. The Morgan fingerprint density at radius 1 is 1.12 bits per heavy atom. The lowest BCUT2D eigenvalue weighted by molar-refractivity contribution is 0.246. The molecule has 1 aliphatic carbocycles. The van der Waals surface area contributed by atoms with Crippen LogP contribution >= 0.6 is 0 Å². The number of aromatic nitrogens is 6. The molecule has 0 spiro atoms. The van der Waals surface area contributed by atoms with E-state index < -0.39 is 12.3 Å². The molecule has 3 aromatic heterocycles. The molecule has 3 aromatic rings. The summed E-state index contributed by atoms with van der Waals surface area (Å²) in [6, 6.07) is 5.39. The fraction of sp³-hybridized carbons (Fsp3) is 0.118. The van der Waals surface area contributed by atoms with Crippen molar-refractivity contribution in [1.29, 1.82) is 0 Å². The molecule has 2 N–H and O–H groups in total. The maximum atomic E-state index is 14.3. The van der Waals surface area contributed by atoms with E-state index in [-0.39, 0.29) is 17.3 Å². The molecule has 2 atom stereocenters. The first-order valence-corrected chi connectivity index (χ1v) is 7.76. The number of hydrogen-bond donors (Lipinski definition) is 1. The first-order chi connectivity index (χ1) is 12.6. The highest BCUT2D eigenvalue weighted by atomic mass is 19.2. The minimum Gasteiger partial charge on any atom is -0.383 e. The summed E-state index contributed by atoms with van der Waals surface area (Å²) in [6.07, 6.45) is 5.28. The van der Waals surface area contributed by atoms with Crippen molar-refractivity contribution in [3.8, 4) is 22.5 Å². The molecule has 3 heterocycles. The van der Waals surface area contributed by atoms with Crippen LogP contribution in [0.5, 0.6) is 0 Å². The van der Waals surface area contributed by atoms with Gasteiger partial charge in [-0.3, -0.25) is 4.98 Å². The lowest BCUT2D eigenvalue weighted by Crippen LogP contribution is -2.23. The van der Waals surface area contributed by atoms with Crippen molar-refractivity contribution >= 4 is 11.5 Å². The largest absolute Gasteiger partial charge is 0.383 e. The zero-order valence-corrected chi connectivity index (χ0v) is 13.4. The van der Waals surface area contributed by atoms with E-state index in [1.807, 2.05) is 12.1 Å². The van der Waals surface area contributed by atoms with Crippen molar-refractivity contribution in [3.05, 3.63) is 55.0 Å². The van der Waals surface area contributed by atoms with Gasteiger partial charge < -0.3 is 5.73 Å². The zero-order valence-electron chi connectivity index (χ0n) is 13.4. The van der Waals surface area contributed by atoms with Crippen molar-refractivity contribution in [2.75, 3.05) is 5.73 Å². The van der Waals surface area contributed by atoms with Crippen LogP contribution in [0.1, 0.15) is 0 Å². The first-order valence-electron chi connectivity index (χ1n) is 7.76. The molecule has 130 valence electrons. The second-order valence-electron chi connectivity index (χ2n) is 5.63. The van der Waals surface area contributed by atoms with E-state index in [0.717, 1.165) is 21.9 Å². The number of nitrogens with two attached hydrogens (primary N) is 1. The summed E-state index contributed by atoms with van der Waals surface area (Å²) in [4.78, 5) is 8.16. The third-order valence-corrected chi connectivity index (χ3v) is 4.01. The highest BCUT2D eigenvalue weighted by Gasteiger charge is 2.29. The van der Waals surface area contributed by atoms with E-state index in [1.54, 1.807) is 24.7 Å². The molecular weight excluding hydrogens is 340 g/mol. The van der Waals surface area contributed by atoms with Crippen molar-refractivity contribution < 1.29 is 8.78 Å². The van der Waals surface area contributed by atoms with Gasteiger partial charge >= 0.3 is 0 Å². The first kappa shape index (κ1) is 16.0. The van der Waals surface area contributed by atoms with Crippen molar-refractivity contribution in [2.45, 2.75) is 12.3 Å². The van der Waals surface area contributed by atoms with Crippen molar-refractivity contribution in [1.82, 2.24) is 30.2 Å². The van der Waals surface area contributed by atoms with Crippen molar-refractivity contribution in [2.24, 2.45) is 0 Å². The fourth-order valence-corrected chi connectivity index (χ4v) is 2.69. The molecule has 0 saturated heterocycles. The second-order valence-corrected chi connectivity index (χ2v) is 5.63. The van der Waals surface area contributed by atoms with Crippen LogP contribution in [0.15, 0.2) is 55.0 Å². The van der Waals surface area contributed by atoms with Crippen LogP contribution in [-0.2, 0) is 0 Å². The number of alkyl halides is 2. The van der Waals surface area contributed by atoms with E-state index in [2.05, 4.69) is 25.5 Å². The Morgan fingerprint density at radius 3 is 2.73 bits per heavy atom. The lowest BCUT2D eigenvalue weighted by atomic mass is 10.1. The molecule has 4 rings (SSSR count). The van der Waals surface area contributed by atoms with E-state index in [1.165, 1.54) is 12.2 Å². The van der Waals surface area contributed by atoms with Crippen LogP contribution < -0.4 is 5.73 Å². The summed E-state index contributed by atoms with van der Waals surface area (Å²) in [7, 11) is 0. The molecule has 0 aromatic carbocycles. The molecular formula is C17H13F2N7. The van der Waals surface area contributed by atoms with E-state index in [9.17, 15) is 8.78 Å². The van der Waals surface area contributed by atoms with Gasteiger partial charge in [0.05, 0.1) is 11.3 Å². The Balaban J connectivity index is 1.82. The number of anilines is 1. The topological polar surface area (TPSA) is 95.4 Å². The Bertz CT molecular complexity index is 997. The molecule has 0 radical (unpaired) electrons. The molecule has 0 aliphatic heterocycles. The van der Waals surface area contributed by atoms with Crippen LogP contribution in [0, 0.1) is 0 Å². The number of allylic oxidation sites excluding steroid dienone is 4. The van der Waals surface area contributed by atoms with Gasteiger partial charge in [0.1, 0.15) is 5.82 Å². The smallest absolute Gasteiger partial charge is 0.190 e. The van der Waals surface area contributed by atoms with Crippen LogP contribution in [0.4, 0.5) is 14.6 Å². The molecule has 7 nitrogen and oxygen atoms in total. The van der Waals surface area contributed by atoms with Gasteiger partial charge in [-0.1, -0.05) is 6.08 Å². The number of hydrogen-bond acceptors (Lipinski definition) is 6. The lowest BCUT2D eigenvalue weighted by Gasteiger charge is -2.18. The number of nitrogens with zero attached hydrogens (tertiary/aromatic N) is 6. The second kappa shape index (κ2) is 6.43. The van der Waals surface area contributed by atoms with Gasteiger partial charge in [-0.05, 0) is 46.3 Å². The van der Waals surface area contributed by atoms with Gasteiger partial charge in [0.25, 0.3) is 0 Å². The molecule has 0 bridgehead atoms. The van der Waals surface area contributed by atoms with Gasteiger partial charge in [-0.25, -0.2) is 13.8 Å². The van der Waals surface area contributed by atoms with Crippen molar-refractivity contribution in [3.63, 3.8) is 0 Å². The third kappa shape index (κ3) is 2.73. The van der Waals surface area contributed by atoms with Crippen LogP contribution in [0.25, 0.3) is 28.2 Å². The van der Waals surface area contributed by atoms with E-state index in [4.69, 9.17) is 5.73 Å². The van der Waals surface area contributed by atoms with Gasteiger partial charge in [0.15, 0.2) is 18.2 Å². The SMILES string of the molecule is Nc1ncc(-c2ccncc2)cc1-c1nnnn1C1=CC=CC(F)[C@@H]1F. The standard InChI is InChI=1S/C17H13F2N7/c18-13-2-1-3-14(15(13)19)26-17(23-24-25-26)12-8-11(9-22-16(12)20)10-4-6-21-7-5-10/h1-9,13,15H,(H2,20,22)/t13?,15-/m0/s1. The zero-order chi connectivity index (χ0) is 18.1. The molecule has 9 heteroatoms. The normalized spacial score (nSPS) is 19.4. The highest BCUT2D eigenvalue weighted by Crippen LogP contribution is 2.31. The minimum atomic E-state index is -1.88. The Morgan fingerprint density at radius 2 is 1.92 bits per heavy atom. The minimum absolute atomic E-state index is 0.00582. The number of rotatable bonds is 3. The van der Waals surface area contributed by atoms with Crippen LogP contribution in [0.2, 0.25) is 0 Å². The Hall–Kier alpha value is -3.49. The average molecular weight is 353 g/mol. The number of pyridine rings is 2. The van der Waals surface area contributed by atoms with Crippen LogP contribution in [-0.4, -0.2) is 42.5 Å². The van der Waals surface area contributed by atoms with Gasteiger partial charge in [0, 0.05) is 24.2 Å². The molecule has 0 amide bonds.